The number of ether oxygens (including phenoxy) is 1. The molecule has 7 aromatic rings. The van der Waals surface area contributed by atoms with E-state index in [-0.39, 0.29) is 28.5 Å². The Kier molecular flexibility index (Phi) is 9.38. The Bertz CT molecular complexity index is 2660. The fourth-order valence-corrected chi connectivity index (χ4v) is 6.98. The molecule has 261 valence electrons. The van der Waals surface area contributed by atoms with Crippen LogP contribution in [0.3, 0.4) is 0 Å². The molecule has 6 heteroatoms. The maximum Gasteiger partial charge on any atom is 0.134 e. The minimum absolute atomic E-state index is 0. The van der Waals surface area contributed by atoms with Crippen LogP contribution in [0.2, 0.25) is 0 Å². The number of fused-ring (bicyclic) bond motifs is 8. The van der Waals surface area contributed by atoms with Crippen LogP contribution in [-0.2, 0) is 27.1 Å². The molecule has 0 unspecified atom stereocenters. The molecule has 53 heavy (non-hydrogen) atoms. The minimum Gasteiger partial charge on any atom is -0.665 e. The molecule has 0 saturated heterocycles. The van der Waals surface area contributed by atoms with Gasteiger partial charge in [-0.3, -0.25) is 4.99 Å². The molecule has 3 aromatic heterocycles. The molecule has 0 saturated carbocycles. The summed E-state index contributed by atoms with van der Waals surface area (Å²) in [4.78, 5) is 21.2. The zero-order valence-electron chi connectivity index (χ0n) is 29.1. The van der Waals surface area contributed by atoms with Crippen LogP contribution in [0.4, 0.5) is 5.69 Å². The summed E-state index contributed by atoms with van der Waals surface area (Å²) in [5.41, 5.74) is 14.0. The number of aliphatic imine (C=N–C) groups is 1. The molecule has 4 aromatic carbocycles. The first kappa shape index (κ1) is 34.1. The second-order valence-electron chi connectivity index (χ2n) is 13.0. The predicted molar refractivity (Wildman–Crippen MR) is 213 cm³/mol. The second kappa shape index (κ2) is 14.6. The average Bonchev–Trinajstić information content (AvgIpc) is 4.01. The van der Waals surface area contributed by atoms with Gasteiger partial charge in [-0.25, -0.2) is 4.98 Å². The maximum absolute atomic E-state index is 6.50. The summed E-state index contributed by atoms with van der Waals surface area (Å²) in [5.74, 6) is 0.503. The Morgan fingerprint density at radius 2 is 0.868 bits per heavy atom. The van der Waals surface area contributed by atoms with E-state index >= 15 is 0 Å². The van der Waals surface area contributed by atoms with Gasteiger partial charge in [0.1, 0.15) is 5.90 Å². The number of benzene rings is 4. The third-order valence-corrected chi connectivity index (χ3v) is 9.21. The first-order chi connectivity index (χ1) is 25.6. The van der Waals surface area contributed by atoms with Gasteiger partial charge in [0, 0.05) is 22.4 Å². The van der Waals surface area contributed by atoms with Crippen molar-refractivity contribution in [2.75, 3.05) is 0 Å². The van der Waals surface area contributed by atoms with Crippen LogP contribution in [0.25, 0.3) is 78.7 Å². The molecule has 0 amide bonds. The van der Waals surface area contributed by atoms with Crippen molar-refractivity contribution in [2.45, 2.75) is 20.0 Å². The molecule has 2 aliphatic heterocycles. The molecule has 0 fully saturated rings. The Morgan fingerprint density at radius 3 is 1.30 bits per heavy atom. The standard InChI is InChI=1S/C47H33N4O.Ag/c1-30(2)52-47-35-29-42(51-47)46(34-21-13-6-14-22-34)41-28-27-40(50-41)45(33-19-11-5-12-20-33)39-26-25-38(49-39)44(32-17-9-4-10-18-32)37-24-23-36(48-37)43(35)31-15-7-3-8-16-31;/h3-28,30H,1-2H3;/q-3;. The van der Waals surface area contributed by atoms with Gasteiger partial charge in [-0.2, -0.15) is 11.0 Å². The number of aromatic nitrogens is 3. The minimum atomic E-state index is -0.119. The average molecular weight is 778 g/mol. The van der Waals surface area contributed by atoms with Gasteiger partial charge in [0.15, 0.2) is 0 Å². The van der Waals surface area contributed by atoms with E-state index in [1.807, 2.05) is 62.4 Å². The van der Waals surface area contributed by atoms with Crippen LogP contribution in [0, 0.1) is 6.07 Å². The van der Waals surface area contributed by atoms with E-state index < -0.39 is 0 Å². The van der Waals surface area contributed by atoms with Crippen molar-refractivity contribution in [3.8, 4) is 44.5 Å². The third-order valence-electron chi connectivity index (χ3n) is 9.21. The number of rotatable bonds is 5. The molecule has 0 N–H and O–H groups in total. The SMILES string of the molecule is CC(C)OC1=Nc2[c-]c1c(-c1ccccc1)c1ccc([n-]1)c(-c1ccccc1)c1nc(c(-c3ccccc3)c3ccc([n-]3)c2-c2ccccc2)C=C1.[Ag]. The number of hydrogen-bond donors (Lipinski definition) is 0. The van der Waals surface area contributed by atoms with Gasteiger partial charge < -0.3 is 14.7 Å². The summed E-state index contributed by atoms with van der Waals surface area (Å²) in [5, 5.41) is 0. The number of hydrogen-bond acceptors (Lipinski definition) is 3. The zero-order valence-corrected chi connectivity index (χ0v) is 30.6. The smallest absolute Gasteiger partial charge is 0.134 e. The van der Waals surface area contributed by atoms with E-state index in [0.717, 1.165) is 83.5 Å². The van der Waals surface area contributed by atoms with Gasteiger partial charge in [0.25, 0.3) is 0 Å². The van der Waals surface area contributed by atoms with E-state index in [0.29, 0.717) is 11.6 Å². The molecule has 5 nitrogen and oxygen atoms in total. The van der Waals surface area contributed by atoms with E-state index in [1.54, 1.807) is 0 Å². The van der Waals surface area contributed by atoms with Crippen molar-refractivity contribution < 1.29 is 27.1 Å². The molecular formula is C47H33AgN4O-3. The number of nitrogens with zero attached hydrogens (tertiary/aromatic N) is 4. The van der Waals surface area contributed by atoms with Crippen molar-refractivity contribution in [3.05, 3.63) is 169 Å². The van der Waals surface area contributed by atoms with Crippen molar-refractivity contribution in [2.24, 2.45) is 4.99 Å². The van der Waals surface area contributed by atoms with E-state index in [2.05, 4.69) is 115 Å². The molecule has 5 heterocycles. The van der Waals surface area contributed by atoms with Crippen molar-refractivity contribution in [1.82, 2.24) is 15.0 Å². The van der Waals surface area contributed by atoms with Gasteiger partial charge in [0.2, 0.25) is 0 Å². The van der Waals surface area contributed by atoms with Crippen molar-refractivity contribution in [1.29, 1.82) is 0 Å². The normalized spacial score (nSPS) is 12.0. The fraction of sp³-hybridized carbons (Fsp3) is 0.0638. The van der Waals surface area contributed by atoms with Crippen LogP contribution in [0.1, 0.15) is 30.8 Å². The molecule has 0 aliphatic carbocycles. The summed E-state index contributed by atoms with van der Waals surface area (Å²) < 4.78 is 6.50. The monoisotopic (exact) mass is 776 g/mol. The van der Waals surface area contributed by atoms with E-state index in [1.165, 1.54) is 0 Å². The maximum atomic E-state index is 6.50. The first-order valence-electron chi connectivity index (χ1n) is 17.5. The summed E-state index contributed by atoms with van der Waals surface area (Å²) in [6.07, 6.45) is 4.07. The molecule has 0 spiro atoms. The molecule has 2 aliphatic rings. The van der Waals surface area contributed by atoms with Gasteiger partial charge in [-0.05, 0) is 53.9 Å². The molecule has 0 atom stereocenters. The summed E-state index contributed by atoms with van der Waals surface area (Å²) >= 11 is 0. The van der Waals surface area contributed by atoms with Crippen LogP contribution in [0.15, 0.2) is 151 Å². The molecule has 1 radical (unpaired) electrons. The van der Waals surface area contributed by atoms with Crippen molar-refractivity contribution in [3.63, 3.8) is 0 Å². The Balaban J connectivity index is 0.00000400. The van der Waals surface area contributed by atoms with Crippen LogP contribution < -0.4 is 9.97 Å². The molecule has 8 bridgehead atoms. The predicted octanol–water partition coefficient (Wildman–Crippen LogP) is 11.3. The van der Waals surface area contributed by atoms with Crippen LogP contribution in [-0.4, -0.2) is 17.0 Å². The molecular weight excluding hydrogens is 744 g/mol. The van der Waals surface area contributed by atoms with E-state index in [4.69, 9.17) is 24.7 Å². The van der Waals surface area contributed by atoms with Crippen LogP contribution >= 0.6 is 0 Å². The van der Waals surface area contributed by atoms with Gasteiger partial charge in [-0.1, -0.05) is 168 Å². The Morgan fingerprint density at radius 1 is 0.491 bits per heavy atom. The molecule has 9 rings (SSSR count). The van der Waals surface area contributed by atoms with E-state index in [9.17, 15) is 0 Å². The van der Waals surface area contributed by atoms with Gasteiger partial charge in [-0.15, -0.1) is 22.7 Å². The van der Waals surface area contributed by atoms with Crippen molar-refractivity contribution >= 4 is 45.8 Å². The second-order valence-corrected chi connectivity index (χ2v) is 13.0. The Hall–Kier alpha value is -5.98. The fourth-order valence-electron chi connectivity index (χ4n) is 6.98. The van der Waals surface area contributed by atoms with Gasteiger partial charge in [0.05, 0.1) is 17.5 Å². The summed E-state index contributed by atoms with van der Waals surface area (Å²) in [7, 11) is 0. The van der Waals surface area contributed by atoms with Crippen LogP contribution in [0.5, 0.6) is 0 Å². The third kappa shape index (κ3) is 6.51. The zero-order chi connectivity index (χ0) is 35.0. The quantitative estimate of drug-likeness (QED) is 0.129. The first-order valence-corrected chi connectivity index (χ1v) is 17.5. The van der Waals surface area contributed by atoms with Gasteiger partial charge >= 0.3 is 0 Å². The summed E-state index contributed by atoms with van der Waals surface area (Å²) in [6.45, 7) is 4.04. The largest absolute Gasteiger partial charge is 0.665 e. The Labute approximate surface area is 324 Å². The topological polar surface area (TPSA) is 62.7 Å². The summed E-state index contributed by atoms with van der Waals surface area (Å²) in [6, 6.07) is 53.3.